The Labute approximate surface area is 108 Å². The predicted octanol–water partition coefficient (Wildman–Crippen LogP) is 2.34. The number of aromatic hydroxyl groups is 1. The van der Waals surface area contributed by atoms with Gasteiger partial charge in [-0.15, -0.1) is 13.2 Å². The number of pyridine rings is 1. The molecule has 0 unspecified atom stereocenters. The first-order valence-corrected chi connectivity index (χ1v) is 4.97. The molecule has 0 aliphatic carbocycles. The fourth-order valence-corrected chi connectivity index (χ4v) is 1.30. The number of methoxy groups -OCH3 is 1. The number of alkyl halides is 5. The van der Waals surface area contributed by atoms with E-state index in [-0.39, 0.29) is 0 Å². The molecule has 1 aromatic heterocycles. The summed E-state index contributed by atoms with van der Waals surface area (Å²) in [6.45, 7) is 0. The molecule has 5 nitrogen and oxygen atoms in total. The van der Waals surface area contributed by atoms with E-state index in [1.165, 1.54) is 0 Å². The Balaban J connectivity index is 3.29. The van der Waals surface area contributed by atoms with E-state index >= 15 is 0 Å². The minimum atomic E-state index is -5.13. The molecule has 1 aromatic rings. The van der Waals surface area contributed by atoms with Crippen LogP contribution in [-0.4, -0.2) is 29.5 Å². The summed E-state index contributed by atoms with van der Waals surface area (Å²) in [6, 6.07) is 0. The molecule has 20 heavy (non-hydrogen) atoms. The third-order valence-corrected chi connectivity index (χ3v) is 2.13. The van der Waals surface area contributed by atoms with Crippen molar-refractivity contribution in [3.05, 3.63) is 17.5 Å². The summed E-state index contributed by atoms with van der Waals surface area (Å²) in [5.74, 6) is -3.34. The van der Waals surface area contributed by atoms with Gasteiger partial charge in [-0.2, -0.15) is 0 Å². The van der Waals surface area contributed by atoms with Crippen LogP contribution in [0.2, 0.25) is 0 Å². The highest BCUT2D eigenvalue weighted by molar-refractivity contribution is 5.74. The summed E-state index contributed by atoms with van der Waals surface area (Å²) in [5, 5.41) is 9.48. The number of carbonyl (C=O) groups is 1. The Morgan fingerprint density at radius 2 is 2.05 bits per heavy atom. The Hall–Kier alpha value is -2.13. The average molecular weight is 301 g/mol. The molecule has 1 N–H and O–H groups in total. The van der Waals surface area contributed by atoms with Crippen molar-refractivity contribution < 1.29 is 41.3 Å². The van der Waals surface area contributed by atoms with E-state index in [9.17, 15) is 31.9 Å². The minimum Gasteiger partial charge on any atom is -0.505 e. The van der Waals surface area contributed by atoms with Gasteiger partial charge in [0, 0.05) is 0 Å². The maximum atomic E-state index is 12.5. The number of hydrogen-bond acceptors (Lipinski definition) is 5. The molecule has 0 spiro atoms. The van der Waals surface area contributed by atoms with Crippen LogP contribution in [0.15, 0.2) is 6.20 Å². The number of ether oxygens (including phenoxy) is 2. The maximum Gasteiger partial charge on any atom is 0.573 e. The van der Waals surface area contributed by atoms with Crippen LogP contribution in [0.3, 0.4) is 0 Å². The predicted molar refractivity (Wildman–Crippen MR) is 53.3 cm³/mol. The number of aromatic nitrogens is 1. The second kappa shape index (κ2) is 5.88. The molecule has 10 heteroatoms. The van der Waals surface area contributed by atoms with Gasteiger partial charge in [-0.3, -0.25) is 4.79 Å². The molecule has 1 heterocycles. The fraction of sp³-hybridized carbons (Fsp3) is 0.400. The standard InChI is InChI=1S/C10H8F5NO4/c1-19-6(17)2-4-5(20-10(13,14)15)3-16-7(8(4)18)9(11)12/h3,9,18H,2H2,1H3. The van der Waals surface area contributed by atoms with Crippen molar-refractivity contribution in [1.29, 1.82) is 0 Å². The number of hydrogen-bond donors (Lipinski definition) is 1. The van der Waals surface area contributed by atoms with Crippen molar-refractivity contribution >= 4 is 5.97 Å². The molecule has 112 valence electrons. The lowest BCUT2D eigenvalue weighted by Crippen LogP contribution is -2.19. The SMILES string of the molecule is COC(=O)Cc1c(OC(F)(F)F)cnc(C(F)F)c1O. The van der Waals surface area contributed by atoms with Gasteiger partial charge in [0.2, 0.25) is 0 Å². The van der Waals surface area contributed by atoms with Gasteiger partial charge in [0.1, 0.15) is 11.4 Å². The van der Waals surface area contributed by atoms with Crippen molar-refractivity contribution in [3.63, 3.8) is 0 Å². The van der Waals surface area contributed by atoms with Crippen molar-refractivity contribution in [2.45, 2.75) is 19.2 Å². The van der Waals surface area contributed by atoms with Crippen molar-refractivity contribution in [1.82, 2.24) is 4.98 Å². The van der Waals surface area contributed by atoms with Crippen LogP contribution in [-0.2, 0) is 16.0 Å². The van der Waals surface area contributed by atoms with Crippen molar-refractivity contribution in [2.24, 2.45) is 0 Å². The quantitative estimate of drug-likeness (QED) is 0.683. The first-order chi connectivity index (χ1) is 9.15. The molecule has 0 fully saturated rings. The number of halogens is 5. The van der Waals surface area contributed by atoms with E-state index in [0.717, 1.165) is 7.11 Å². The number of esters is 1. The van der Waals surface area contributed by atoms with Gasteiger partial charge in [0.15, 0.2) is 5.75 Å². The number of carbonyl (C=O) groups excluding carboxylic acids is 1. The van der Waals surface area contributed by atoms with Crippen LogP contribution in [0.4, 0.5) is 22.0 Å². The van der Waals surface area contributed by atoms with E-state index in [1.807, 2.05) is 0 Å². The molecule has 0 radical (unpaired) electrons. The first-order valence-electron chi connectivity index (χ1n) is 4.97. The summed E-state index contributed by atoms with van der Waals surface area (Å²) >= 11 is 0. The number of rotatable bonds is 4. The van der Waals surface area contributed by atoms with E-state index in [2.05, 4.69) is 14.5 Å². The lowest BCUT2D eigenvalue weighted by Gasteiger charge is -2.15. The highest BCUT2D eigenvalue weighted by Gasteiger charge is 2.34. The monoisotopic (exact) mass is 301 g/mol. The molecule has 0 bridgehead atoms. The van der Waals surface area contributed by atoms with Gasteiger partial charge >= 0.3 is 12.3 Å². The molecule has 0 aliphatic heterocycles. The lowest BCUT2D eigenvalue weighted by molar-refractivity contribution is -0.275. The molecule has 0 amide bonds. The minimum absolute atomic E-state index is 0.354. The summed E-state index contributed by atoms with van der Waals surface area (Å²) in [4.78, 5) is 14.0. The van der Waals surface area contributed by atoms with Gasteiger partial charge in [0.25, 0.3) is 6.43 Å². The van der Waals surface area contributed by atoms with E-state index in [4.69, 9.17) is 0 Å². The Morgan fingerprint density at radius 3 is 2.50 bits per heavy atom. The van der Waals surface area contributed by atoms with Gasteiger partial charge in [-0.25, -0.2) is 13.8 Å². The molecule has 0 saturated heterocycles. The zero-order valence-corrected chi connectivity index (χ0v) is 9.87. The van der Waals surface area contributed by atoms with Crippen LogP contribution >= 0.6 is 0 Å². The maximum absolute atomic E-state index is 12.5. The molecule has 0 aliphatic rings. The first kappa shape index (κ1) is 15.9. The summed E-state index contributed by atoms with van der Waals surface area (Å²) in [7, 11) is 0.943. The molecular weight excluding hydrogens is 293 g/mol. The van der Waals surface area contributed by atoms with Crippen LogP contribution in [0.5, 0.6) is 11.5 Å². The fourth-order valence-electron chi connectivity index (χ4n) is 1.30. The van der Waals surface area contributed by atoms with Crippen molar-refractivity contribution in [3.8, 4) is 11.5 Å². The lowest BCUT2D eigenvalue weighted by atomic mass is 10.1. The summed E-state index contributed by atoms with van der Waals surface area (Å²) in [6.07, 6.45) is -8.89. The Morgan fingerprint density at radius 1 is 1.45 bits per heavy atom. The highest BCUT2D eigenvalue weighted by Crippen LogP contribution is 2.37. The smallest absolute Gasteiger partial charge is 0.505 e. The van der Waals surface area contributed by atoms with Gasteiger partial charge in [-0.1, -0.05) is 0 Å². The molecule has 1 rings (SSSR count). The van der Waals surface area contributed by atoms with Gasteiger partial charge in [-0.05, 0) is 0 Å². The molecule has 0 saturated carbocycles. The van der Waals surface area contributed by atoms with E-state index in [1.54, 1.807) is 0 Å². The average Bonchev–Trinajstić information content (AvgIpc) is 2.31. The number of nitrogens with zero attached hydrogens (tertiary/aromatic N) is 1. The van der Waals surface area contributed by atoms with Gasteiger partial charge < -0.3 is 14.6 Å². The molecule has 0 atom stereocenters. The second-order valence-electron chi connectivity index (χ2n) is 3.44. The summed E-state index contributed by atoms with van der Waals surface area (Å²) in [5.41, 5.74) is -1.93. The molecular formula is C10H8F5NO4. The zero-order chi connectivity index (χ0) is 15.5. The normalized spacial score (nSPS) is 11.6. The molecule has 0 aromatic carbocycles. The van der Waals surface area contributed by atoms with Crippen LogP contribution < -0.4 is 4.74 Å². The Kier molecular flexibility index (Phi) is 4.69. The van der Waals surface area contributed by atoms with Crippen LogP contribution in [0, 0.1) is 0 Å². The third-order valence-electron chi connectivity index (χ3n) is 2.13. The summed E-state index contributed by atoms with van der Waals surface area (Å²) < 4.78 is 69.1. The Bertz CT molecular complexity index is 503. The van der Waals surface area contributed by atoms with Crippen molar-refractivity contribution in [2.75, 3.05) is 7.11 Å². The highest BCUT2D eigenvalue weighted by atomic mass is 19.4. The van der Waals surface area contributed by atoms with E-state index < -0.39 is 47.9 Å². The van der Waals surface area contributed by atoms with E-state index in [0.29, 0.717) is 6.20 Å². The third kappa shape index (κ3) is 3.93. The van der Waals surface area contributed by atoms with Crippen LogP contribution in [0.1, 0.15) is 17.7 Å². The zero-order valence-electron chi connectivity index (χ0n) is 9.87. The topological polar surface area (TPSA) is 68.7 Å². The second-order valence-corrected chi connectivity index (χ2v) is 3.44. The van der Waals surface area contributed by atoms with Crippen LogP contribution in [0.25, 0.3) is 0 Å². The van der Waals surface area contributed by atoms with Gasteiger partial charge in [0.05, 0.1) is 25.3 Å². The largest absolute Gasteiger partial charge is 0.573 e.